The van der Waals surface area contributed by atoms with E-state index >= 15 is 0 Å². The number of nitrogens with one attached hydrogen (secondary N) is 2. The smallest absolute Gasteiger partial charge is 0.220 e. The molecule has 1 aromatic rings. The molecule has 4 nitrogen and oxygen atoms in total. The highest BCUT2D eigenvalue weighted by molar-refractivity contribution is 5.78. The van der Waals surface area contributed by atoms with E-state index in [1.165, 1.54) is 6.07 Å². The molecule has 2 unspecified atom stereocenters. The second-order valence-electron chi connectivity index (χ2n) is 4.64. The number of halogens is 1. The van der Waals surface area contributed by atoms with Gasteiger partial charge in [-0.05, 0) is 19.4 Å². The van der Waals surface area contributed by atoms with Crippen molar-refractivity contribution >= 4 is 5.91 Å². The first-order chi connectivity index (χ1) is 8.56. The fourth-order valence-corrected chi connectivity index (χ4v) is 2.14. The van der Waals surface area contributed by atoms with Gasteiger partial charge in [0.2, 0.25) is 5.91 Å². The molecule has 1 aromatic carbocycles. The van der Waals surface area contributed by atoms with Gasteiger partial charge in [-0.1, -0.05) is 6.07 Å². The van der Waals surface area contributed by atoms with Crippen LogP contribution in [-0.2, 0) is 4.79 Å². The van der Waals surface area contributed by atoms with E-state index in [2.05, 4.69) is 10.6 Å². The fourth-order valence-electron chi connectivity index (χ4n) is 2.14. The molecule has 0 radical (unpaired) electrons. The molecule has 1 fully saturated rings. The quantitative estimate of drug-likeness (QED) is 0.760. The monoisotopic (exact) mass is 252 g/mol. The first-order valence-corrected chi connectivity index (χ1v) is 6.07. The van der Waals surface area contributed by atoms with Crippen LogP contribution in [0, 0.1) is 5.82 Å². The molecule has 1 aliphatic heterocycles. The van der Waals surface area contributed by atoms with Crippen molar-refractivity contribution in [2.24, 2.45) is 0 Å². The van der Waals surface area contributed by atoms with Crippen LogP contribution in [0.3, 0.4) is 0 Å². The molecule has 0 aliphatic carbocycles. The Hall–Kier alpha value is -1.62. The number of hydrogen-bond donors (Lipinski definition) is 3. The van der Waals surface area contributed by atoms with Crippen LogP contribution in [0.4, 0.5) is 4.39 Å². The van der Waals surface area contributed by atoms with Crippen molar-refractivity contribution < 1.29 is 14.3 Å². The largest absolute Gasteiger partial charge is 0.508 e. The lowest BCUT2D eigenvalue weighted by Crippen LogP contribution is -2.36. The Morgan fingerprint density at radius 3 is 3.00 bits per heavy atom. The van der Waals surface area contributed by atoms with Crippen molar-refractivity contribution in [3.63, 3.8) is 0 Å². The van der Waals surface area contributed by atoms with Crippen LogP contribution in [0.25, 0.3) is 0 Å². The minimum Gasteiger partial charge on any atom is -0.508 e. The van der Waals surface area contributed by atoms with Gasteiger partial charge in [-0.2, -0.15) is 0 Å². The number of amides is 1. The van der Waals surface area contributed by atoms with Gasteiger partial charge in [0, 0.05) is 36.7 Å². The predicted molar refractivity (Wildman–Crippen MR) is 65.6 cm³/mol. The summed E-state index contributed by atoms with van der Waals surface area (Å²) in [6.07, 6.45) is 1.40. The number of phenolic OH excluding ortho intramolecular Hbond substituents is 1. The summed E-state index contributed by atoms with van der Waals surface area (Å²) >= 11 is 0. The van der Waals surface area contributed by atoms with Crippen LogP contribution < -0.4 is 10.6 Å². The van der Waals surface area contributed by atoms with E-state index in [0.717, 1.165) is 12.5 Å². The summed E-state index contributed by atoms with van der Waals surface area (Å²) in [6, 6.07) is 4.04. The van der Waals surface area contributed by atoms with E-state index in [1.54, 1.807) is 6.07 Å². The first-order valence-electron chi connectivity index (χ1n) is 6.07. The minimum atomic E-state index is -0.452. The molecular weight excluding hydrogens is 235 g/mol. The third kappa shape index (κ3) is 2.98. The maximum atomic E-state index is 12.9. The second-order valence-corrected chi connectivity index (χ2v) is 4.64. The van der Waals surface area contributed by atoms with Gasteiger partial charge in [0.1, 0.15) is 11.6 Å². The van der Waals surface area contributed by atoms with Crippen LogP contribution in [0.5, 0.6) is 5.75 Å². The third-order valence-electron chi connectivity index (χ3n) is 3.21. The van der Waals surface area contributed by atoms with Crippen LogP contribution >= 0.6 is 0 Å². The molecule has 0 bridgehead atoms. The van der Waals surface area contributed by atoms with Gasteiger partial charge in [0.25, 0.3) is 0 Å². The minimum absolute atomic E-state index is 0.0505. The summed E-state index contributed by atoms with van der Waals surface area (Å²) in [5.41, 5.74) is 0.653. The van der Waals surface area contributed by atoms with Crippen LogP contribution in [0.15, 0.2) is 18.2 Å². The van der Waals surface area contributed by atoms with Crippen molar-refractivity contribution in [3.8, 4) is 5.75 Å². The van der Waals surface area contributed by atoms with Gasteiger partial charge >= 0.3 is 0 Å². The van der Waals surface area contributed by atoms with Crippen LogP contribution in [0.1, 0.15) is 31.4 Å². The average Bonchev–Trinajstić information content (AvgIpc) is 2.72. The van der Waals surface area contributed by atoms with Gasteiger partial charge in [-0.15, -0.1) is 0 Å². The Bertz CT molecular complexity index is 451. The topological polar surface area (TPSA) is 61.4 Å². The van der Waals surface area contributed by atoms with Crippen molar-refractivity contribution in [3.05, 3.63) is 29.6 Å². The predicted octanol–water partition coefficient (Wildman–Crippen LogP) is 1.46. The molecule has 1 heterocycles. The van der Waals surface area contributed by atoms with Crippen molar-refractivity contribution in [1.82, 2.24) is 10.6 Å². The Balaban J connectivity index is 1.91. The molecule has 0 aromatic heterocycles. The van der Waals surface area contributed by atoms with E-state index in [9.17, 15) is 14.3 Å². The molecule has 0 spiro atoms. The number of carbonyl (C=O) groups is 1. The molecule has 98 valence electrons. The zero-order valence-corrected chi connectivity index (χ0v) is 10.2. The van der Waals surface area contributed by atoms with E-state index in [0.29, 0.717) is 18.5 Å². The number of benzene rings is 1. The Kier molecular flexibility index (Phi) is 3.81. The van der Waals surface area contributed by atoms with Gasteiger partial charge in [0.15, 0.2) is 0 Å². The fraction of sp³-hybridized carbons (Fsp3) is 0.462. The lowest BCUT2D eigenvalue weighted by atomic mass is 10.1. The lowest BCUT2D eigenvalue weighted by molar-refractivity contribution is -0.119. The molecule has 1 saturated heterocycles. The highest BCUT2D eigenvalue weighted by Crippen LogP contribution is 2.24. The van der Waals surface area contributed by atoms with Gasteiger partial charge in [-0.3, -0.25) is 4.79 Å². The summed E-state index contributed by atoms with van der Waals surface area (Å²) in [7, 11) is 0. The average molecular weight is 252 g/mol. The normalized spacial score (nSPS) is 20.8. The molecule has 3 N–H and O–H groups in total. The van der Waals surface area contributed by atoms with Crippen molar-refractivity contribution in [2.45, 2.75) is 31.8 Å². The lowest BCUT2D eigenvalue weighted by Gasteiger charge is -2.18. The summed E-state index contributed by atoms with van der Waals surface area (Å²) in [5, 5.41) is 15.7. The number of carbonyl (C=O) groups excluding carboxylic acids is 1. The molecule has 2 atom stereocenters. The van der Waals surface area contributed by atoms with Gasteiger partial charge < -0.3 is 15.7 Å². The standard InChI is InChI=1S/C13H17FN2O2/c1-8(11-4-2-9(14)6-12(11)17)15-7-10-3-5-13(18)16-10/h2,4,6,8,10,15,17H,3,5,7H2,1H3,(H,16,18). The molecule has 2 rings (SSSR count). The number of aromatic hydroxyl groups is 1. The number of rotatable bonds is 4. The van der Waals surface area contributed by atoms with E-state index in [-0.39, 0.29) is 23.7 Å². The van der Waals surface area contributed by atoms with Crippen LogP contribution in [-0.4, -0.2) is 23.6 Å². The molecule has 1 amide bonds. The molecule has 1 aliphatic rings. The molecule has 0 saturated carbocycles. The molecule has 18 heavy (non-hydrogen) atoms. The van der Waals surface area contributed by atoms with E-state index < -0.39 is 5.82 Å². The number of phenols is 1. The van der Waals surface area contributed by atoms with E-state index in [1.807, 2.05) is 6.92 Å². The van der Waals surface area contributed by atoms with Gasteiger partial charge in [0.05, 0.1) is 0 Å². The zero-order chi connectivity index (χ0) is 13.1. The summed E-state index contributed by atoms with van der Waals surface area (Å²) in [5.74, 6) is -0.420. The van der Waals surface area contributed by atoms with Crippen molar-refractivity contribution in [2.75, 3.05) is 6.54 Å². The highest BCUT2D eigenvalue weighted by Gasteiger charge is 2.21. The third-order valence-corrected chi connectivity index (χ3v) is 3.21. The molecular formula is C13H17FN2O2. The maximum absolute atomic E-state index is 12.9. The van der Waals surface area contributed by atoms with E-state index in [4.69, 9.17) is 0 Å². The Morgan fingerprint density at radius 1 is 1.61 bits per heavy atom. The summed E-state index contributed by atoms with van der Waals surface area (Å²) in [6.45, 7) is 2.54. The highest BCUT2D eigenvalue weighted by atomic mass is 19.1. The summed E-state index contributed by atoms with van der Waals surface area (Å²) in [4.78, 5) is 11.0. The van der Waals surface area contributed by atoms with Gasteiger partial charge in [-0.25, -0.2) is 4.39 Å². The van der Waals surface area contributed by atoms with Crippen LogP contribution in [0.2, 0.25) is 0 Å². The maximum Gasteiger partial charge on any atom is 0.220 e. The zero-order valence-electron chi connectivity index (χ0n) is 10.2. The molecule has 5 heteroatoms. The second kappa shape index (κ2) is 5.35. The SMILES string of the molecule is CC(NCC1CCC(=O)N1)c1ccc(F)cc1O. The Morgan fingerprint density at radius 2 is 2.39 bits per heavy atom. The Labute approximate surface area is 105 Å². The summed E-state index contributed by atoms with van der Waals surface area (Å²) < 4.78 is 12.9. The van der Waals surface area contributed by atoms with Crippen molar-refractivity contribution in [1.29, 1.82) is 0 Å². The number of hydrogen-bond acceptors (Lipinski definition) is 3. The first kappa shape index (κ1) is 12.8.